The lowest BCUT2D eigenvalue weighted by Gasteiger charge is -2.62. The second-order valence-corrected chi connectivity index (χ2v) is 12.2. The van der Waals surface area contributed by atoms with E-state index in [2.05, 4.69) is 27.7 Å². The highest BCUT2D eigenvalue weighted by molar-refractivity contribution is 5.86. The summed E-state index contributed by atoms with van der Waals surface area (Å²) in [7, 11) is 0. The third-order valence-electron chi connectivity index (χ3n) is 11.0. The average Bonchev–Trinajstić information content (AvgIpc) is 3.11. The summed E-state index contributed by atoms with van der Waals surface area (Å²) in [5.74, 6) is 3.20. The highest BCUT2D eigenvalue weighted by Crippen LogP contribution is 2.68. The molecule has 32 heavy (non-hydrogen) atoms. The predicted molar refractivity (Wildman–Crippen MR) is 126 cm³/mol. The molecule has 4 aliphatic carbocycles. The van der Waals surface area contributed by atoms with Gasteiger partial charge in [-0.2, -0.15) is 0 Å². The van der Waals surface area contributed by atoms with Crippen molar-refractivity contribution < 1.29 is 19.4 Å². The molecular weight excluding hydrogens is 400 g/mol. The number of aliphatic hydroxyl groups is 1. The molecule has 0 aromatic rings. The van der Waals surface area contributed by atoms with Crippen molar-refractivity contribution in [2.45, 2.75) is 105 Å². The molecule has 4 fully saturated rings. The predicted octanol–water partition coefficient (Wildman–Crippen LogP) is 5.80. The van der Waals surface area contributed by atoms with Crippen molar-refractivity contribution in [3.05, 3.63) is 0 Å². The Bertz CT molecular complexity index is 718. The van der Waals surface area contributed by atoms with Crippen LogP contribution < -0.4 is 0 Å². The Morgan fingerprint density at radius 2 is 1.75 bits per heavy atom. The molecule has 10 atom stereocenters. The second-order valence-electron chi connectivity index (χ2n) is 12.2. The lowest BCUT2D eigenvalue weighted by Crippen LogP contribution is -2.60. The van der Waals surface area contributed by atoms with Crippen LogP contribution in [0.1, 0.15) is 98.8 Å². The average molecular weight is 447 g/mol. The largest absolute Gasteiger partial charge is 0.466 e. The fourth-order valence-corrected chi connectivity index (χ4v) is 9.39. The molecule has 0 aliphatic heterocycles. The van der Waals surface area contributed by atoms with Crippen LogP contribution in [0.2, 0.25) is 0 Å². The molecule has 0 spiro atoms. The van der Waals surface area contributed by atoms with E-state index in [9.17, 15) is 14.7 Å². The fraction of sp³-hybridized carbons (Fsp3) is 0.929. The number of fused-ring (bicyclic) bond motifs is 5. The monoisotopic (exact) mass is 446 g/mol. The highest BCUT2D eigenvalue weighted by Gasteiger charge is 2.65. The summed E-state index contributed by atoms with van der Waals surface area (Å²) in [5, 5.41) is 10.4. The number of carbonyl (C=O) groups is 2. The van der Waals surface area contributed by atoms with Crippen LogP contribution in [-0.4, -0.2) is 29.6 Å². The highest BCUT2D eigenvalue weighted by atomic mass is 16.5. The van der Waals surface area contributed by atoms with E-state index in [1.165, 1.54) is 12.8 Å². The van der Waals surface area contributed by atoms with Gasteiger partial charge in [0.15, 0.2) is 0 Å². The number of aliphatic hydroxyl groups excluding tert-OH is 1. The number of ketones is 1. The van der Waals surface area contributed by atoms with Gasteiger partial charge in [0.1, 0.15) is 5.78 Å². The third kappa shape index (κ3) is 3.77. The van der Waals surface area contributed by atoms with E-state index in [0.29, 0.717) is 48.4 Å². The van der Waals surface area contributed by atoms with Crippen LogP contribution in [0.4, 0.5) is 0 Å². The summed E-state index contributed by atoms with van der Waals surface area (Å²) in [5.41, 5.74) is 0.411. The molecule has 4 saturated carbocycles. The Balaban J connectivity index is 1.56. The van der Waals surface area contributed by atoms with Gasteiger partial charge < -0.3 is 9.84 Å². The molecule has 1 N–H and O–H groups in total. The zero-order valence-corrected chi connectivity index (χ0v) is 21.1. The number of esters is 1. The standard InChI is InChI=1S/C28H46O4/c1-6-19-23-16-18(29)12-14-28(23,5)22-13-15-27(4)20(9-10-21(27)25(22)26(19)31)17(3)8-11-24(30)32-7-2/h17-23,25,29H,6-16H2,1-5H3/t17?,18-,19-,20-,21+,22+,23+,25+,27-,28-/m1/s1. The van der Waals surface area contributed by atoms with Crippen molar-refractivity contribution in [1.82, 2.24) is 0 Å². The van der Waals surface area contributed by atoms with E-state index in [1.807, 2.05) is 6.92 Å². The summed E-state index contributed by atoms with van der Waals surface area (Å²) in [6.07, 6.45) is 9.61. The van der Waals surface area contributed by atoms with Crippen molar-refractivity contribution in [1.29, 1.82) is 0 Å². The van der Waals surface area contributed by atoms with Gasteiger partial charge in [-0.15, -0.1) is 0 Å². The summed E-state index contributed by atoms with van der Waals surface area (Å²) < 4.78 is 5.16. The Kier molecular flexibility index (Phi) is 6.85. The molecule has 0 amide bonds. The maximum atomic E-state index is 14.0. The Hall–Kier alpha value is -0.900. The minimum absolute atomic E-state index is 0.0746. The van der Waals surface area contributed by atoms with Gasteiger partial charge in [0, 0.05) is 18.3 Å². The van der Waals surface area contributed by atoms with Crippen LogP contribution in [0.25, 0.3) is 0 Å². The molecule has 0 bridgehead atoms. The minimum Gasteiger partial charge on any atom is -0.466 e. The van der Waals surface area contributed by atoms with E-state index in [1.54, 1.807) is 0 Å². The van der Waals surface area contributed by atoms with Crippen LogP contribution in [0, 0.1) is 52.3 Å². The topological polar surface area (TPSA) is 63.6 Å². The van der Waals surface area contributed by atoms with Gasteiger partial charge in [-0.25, -0.2) is 0 Å². The molecule has 4 rings (SSSR count). The first-order valence-corrected chi connectivity index (χ1v) is 13.5. The molecule has 182 valence electrons. The molecule has 4 nitrogen and oxygen atoms in total. The normalized spacial score (nSPS) is 46.7. The van der Waals surface area contributed by atoms with Gasteiger partial charge >= 0.3 is 5.97 Å². The van der Waals surface area contributed by atoms with Crippen LogP contribution in [-0.2, 0) is 14.3 Å². The zero-order valence-electron chi connectivity index (χ0n) is 21.1. The third-order valence-corrected chi connectivity index (χ3v) is 11.0. The van der Waals surface area contributed by atoms with Gasteiger partial charge in [0.25, 0.3) is 0 Å². The van der Waals surface area contributed by atoms with E-state index in [0.717, 1.165) is 44.9 Å². The molecular formula is C28H46O4. The Morgan fingerprint density at radius 3 is 2.44 bits per heavy atom. The number of carbonyl (C=O) groups excluding carboxylic acids is 2. The van der Waals surface area contributed by atoms with Crippen LogP contribution in [0.15, 0.2) is 0 Å². The van der Waals surface area contributed by atoms with Crippen molar-refractivity contribution in [2.24, 2.45) is 52.3 Å². The van der Waals surface area contributed by atoms with Crippen LogP contribution >= 0.6 is 0 Å². The number of hydrogen-bond acceptors (Lipinski definition) is 4. The number of rotatable bonds is 6. The Morgan fingerprint density at radius 1 is 1.06 bits per heavy atom. The summed E-state index contributed by atoms with van der Waals surface area (Å²) in [6.45, 7) is 11.8. The molecule has 4 aliphatic rings. The SMILES string of the molecule is CCOC(=O)CCC(C)[C@H]1CC[C@H]2[C@@H]3C(=O)[C@H](CC)[C@@H]4C[C@H](O)CC[C@]4(C)[C@H]3CC[C@]12C. The number of hydrogen-bond donors (Lipinski definition) is 1. The number of Topliss-reactive ketones (excluding diaryl/α,β-unsaturated/α-hetero) is 1. The molecule has 0 heterocycles. The molecule has 1 unspecified atom stereocenters. The van der Waals surface area contributed by atoms with Gasteiger partial charge in [-0.05, 0) is 105 Å². The molecule has 0 aromatic carbocycles. The summed E-state index contributed by atoms with van der Waals surface area (Å²) >= 11 is 0. The maximum absolute atomic E-state index is 14.0. The van der Waals surface area contributed by atoms with Crippen molar-refractivity contribution in [3.8, 4) is 0 Å². The fourth-order valence-electron chi connectivity index (χ4n) is 9.39. The Labute approximate surface area is 195 Å². The van der Waals surface area contributed by atoms with Gasteiger partial charge in [-0.1, -0.05) is 27.7 Å². The molecule has 0 aromatic heterocycles. The van der Waals surface area contributed by atoms with E-state index < -0.39 is 0 Å². The zero-order chi connectivity index (χ0) is 23.3. The first kappa shape index (κ1) is 24.2. The van der Waals surface area contributed by atoms with E-state index >= 15 is 0 Å². The van der Waals surface area contributed by atoms with Crippen molar-refractivity contribution >= 4 is 11.8 Å². The smallest absolute Gasteiger partial charge is 0.305 e. The molecule has 4 heteroatoms. The van der Waals surface area contributed by atoms with Crippen molar-refractivity contribution in [2.75, 3.05) is 6.61 Å². The quantitative estimate of drug-likeness (QED) is 0.524. The second kappa shape index (κ2) is 9.04. The maximum Gasteiger partial charge on any atom is 0.305 e. The lowest BCUT2D eigenvalue weighted by atomic mass is 9.42. The first-order valence-electron chi connectivity index (χ1n) is 13.5. The van der Waals surface area contributed by atoms with E-state index in [4.69, 9.17) is 4.74 Å². The van der Waals surface area contributed by atoms with Gasteiger partial charge in [0.05, 0.1) is 12.7 Å². The minimum atomic E-state index is -0.226. The van der Waals surface area contributed by atoms with Crippen molar-refractivity contribution in [3.63, 3.8) is 0 Å². The molecule has 0 radical (unpaired) electrons. The lowest BCUT2D eigenvalue weighted by molar-refractivity contribution is -0.173. The van der Waals surface area contributed by atoms with Crippen LogP contribution in [0.3, 0.4) is 0 Å². The summed E-state index contributed by atoms with van der Waals surface area (Å²) in [4.78, 5) is 25.9. The summed E-state index contributed by atoms with van der Waals surface area (Å²) in [6, 6.07) is 0. The van der Waals surface area contributed by atoms with Gasteiger partial charge in [0.2, 0.25) is 0 Å². The van der Waals surface area contributed by atoms with Gasteiger partial charge in [-0.3, -0.25) is 9.59 Å². The van der Waals surface area contributed by atoms with E-state index in [-0.39, 0.29) is 34.7 Å². The molecule has 0 saturated heterocycles. The van der Waals surface area contributed by atoms with Crippen LogP contribution in [0.5, 0.6) is 0 Å². The number of ether oxygens (including phenoxy) is 1. The first-order chi connectivity index (χ1) is 15.2.